The molecule has 122 valence electrons. The summed E-state index contributed by atoms with van der Waals surface area (Å²) >= 11 is 5.93. The summed E-state index contributed by atoms with van der Waals surface area (Å²) in [6.07, 6.45) is 2.01. The van der Waals surface area contributed by atoms with Gasteiger partial charge in [-0.2, -0.15) is 5.26 Å². The van der Waals surface area contributed by atoms with E-state index in [9.17, 15) is 10.1 Å². The molecule has 1 aliphatic rings. The highest BCUT2D eigenvalue weighted by Crippen LogP contribution is 2.38. The monoisotopic (exact) mass is 340 g/mol. The molecule has 0 saturated heterocycles. The van der Waals surface area contributed by atoms with Gasteiger partial charge in [-0.3, -0.25) is 4.98 Å². The van der Waals surface area contributed by atoms with E-state index in [4.69, 9.17) is 16.3 Å². The Morgan fingerprint density at radius 2 is 2.08 bits per heavy atom. The molecule has 0 spiro atoms. The van der Waals surface area contributed by atoms with Gasteiger partial charge >= 0.3 is 5.97 Å². The Hall–Kier alpha value is -2.38. The number of carbonyl (C=O) groups excluding carboxylic acids is 1. The first-order valence-corrected chi connectivity index (χ1v) is 8.33. The van der Waals surface area contributed by atoms with Gasteiger partial charge in [0.2, 0.25) is 0 Å². The summed E-state index contributed by atoms with van der Waals surface area (Å²) in [6, 6.07) is 13.4. The van der Waals surface area contributed by atoms with E-state index in [1.807, 2.05) is 24.3 Å². The normalized spacial score (nSPS) is 19.2. The molecule has 3 rings (SSSR count). The zero-order valence-electron chi connectivity index (χ0n) is 13.4. The van der Waals surface area contributed by atoms with Crippen LogP contribution in [0.25, 0.3) is 11.3 Å². The van der Waals surface area contributed by atoms with Crippen LogP contribution >= 0.6 is 11.6 Å². The number of halogens is 1. The second-order valence-electron chi connectivity index (χ2n) is 5.80. The fourth-order valence-electron chi connectivity index (χ4n) is 3.11. The number of fused-ring (bicyclic) bond motifs is 1. The summed E-state index contributed by atoms with van der Waals surface area (Å²) in [5.41, 5.74) is 1.77. The van der Waals surface area contributed by atoms with Crippen molar-refractivity contribution in [2.24, 2.45) is 0 Å². The number of hydrogen-bond donors (Lipinski definition) is 0. The first-order chi connectivity index (χ1) is 11.6. The number of benzene rings is 1. The Kier molecular flexibility index (Phi) is 4.55. The third-order valence-electron chi connectivity index (χ3n) is 4.34. The molecule has 24 heavy (non-hydrogen) atoms. The summed E-state index contributed by atoms with van der Waals surface area (Å²) in [6.45, 7) is 1.98. The van der Waals surface area contributed by atoms with Gasteiger partial charge in [0, 0.05) is 10.6 Å². The Labute approximate surface area is 146 Å². The number of pyridine rings is 1. The lowest BCUT2D eigenvalue weighted by atomic mass is 9.73. The van der Waals surface area contributed by atoms with Gasteiger partial charge in [0.25, 0.3) is 0 Å². The summed E-state index contributed by atoms with van der Waals surface area (Å²) < 4.78 is 5.17. The standard InChI is InChI=1S/C19H17ClN2O2/c1-2-24-18(23)19(12-21)11-3-4-14-7-10-16(22-17(14)19)13-5-8-15(20)9-6-13/h5-10H,2-4,11H2,1H3. The SMILES string of the molecule is CCOC(=O)C1(C#N)CCCc2ccc(-c3ccc(Cl)cc3)nc21. The predicted octanol–water partition coefficient (Wildman–Crippen LogP) is 4.06. The highest BCUT2D eigenvalue weighted by Gasteiger charge is 2.47. The fraction of sp³-hybridized carbons (Fsp3) is 0.316. The lowest BCUT2D eigenvalue weighted by molar-refractivity contribution is -0.148. The van der Waals surface area contributed by atoms with Crippen LogP contribution < -0.4 is 0 Å². The van der Waals surface area contributed by atoms with Crippen LogP contribution in [0, 0.1) is 11.3 Å². The molecule has 0 radical (unpaired) electrons. The number of rotatable bonds is 3. The zero-order chi connectivity index (χ0) is 17.2. The fourth-order valence-corrected chi connectivity index (χ4v) is 3.24. The topological polar surface area (TPSA) is 63.0 Å². The molecule has 0 saturated carbocycles. The first kappa shape index (κ1) is 16.5. The van der Waals surface area contributed by atoms with E-state index in [1.54, 1.807) is 19.1 Å². The number of ether oxygens (including phenoxy) is 1. The second kappa shape index (κ2) is 6.62. The molecule has 1 heterocycles. The minimum Gasteiger partial charge on any atom is -0.465 e. The third-order valence-corrected chi connectivity index (χ3v) is 4.59. The van der Waals surface area contributed by atoms with E-state index in [0.717, 1.165) is 29.7 Å². The smallest absolute Gasteiger partial charge is 0.332 e. The van der Waals surface area contributed by atoms with Crippen molar-refractivity contribution in [1.29, 1.82) is 5.26 Å². The van der Waals surface area contributed by atoms with Crippen molar-refractivity contribution >= 4 is 17.6 Å². The molecular formula is C19H17ClN2O2. The molecule has 0 aliphatic heterocycles. The molecule has 1 atom stereocenters. The van der Waals surface area contributed by atoms with Gasteiger partial charge in [-0.15, -0.1) is 0 Å². The van der Waals surface area contributed by atoms with Crippen LogP contribution in [0.5, 0.6) is 0 Å². The molecular weight excluding hydrogens is 324 g/mol. The van der Waals surface area contributed by atoms with E-state index in [-0.39, 0.29) is 6.61 Å². The maximum absolute atomic E-state index is 12.5. The van der Waals surface area contributed by atoms with Gasteiger partial charge in [0.05, 0.1) is 24.1 Å². The summed E-state index contributed by atoms with van der Waals surface area (Å²) in [7, 11) is 0. The van der Waals surface area contributed by atoms with Crippen LogP contribution in [0.1, 0.15) is 31.0 Å². The van der Waals surface area contributed by atoms with Gasteiger partial charge in [-0.25, -0.2) is 4.79 Å². The number of carbonyl (C=O) groups is 1. The van der Waals surface area contributed by atoms with Gasteiger partial charge < -0.3 is 4.74 Å². The van der Waals surface area contributed by atoms with E-state index >= 15 is 0 Å². The Morgan fingerprint density at radius 3 is 2.75 bits per heavy atom. The first-order valence-electron chi connectivity index (χ1n) is 7.95. The molecule has 0 amide bonds. The summed E-state index contributed by atoms with van der Waals surface area (Å²) in [5.74, 6) is -0.505. The van der Waals surface area contributed by atoms with Crippen LogP contribution in [0.2, 0.25) is 5.02 Å². The number of nitriles is 1. The maximum Gasteiger partial charge on any atom is 0.332 e. The highest BCUT2D eigenvalue weighted by atomic mass is 35.5. The number of nitrogens with zero attached hydrogens (tertiary/aromatic N) is 2. The van der Waals surface area contributed by atoms with Gasteiger partial charge in [-0.05, 0) is 49.9 Å². The van der Waals surface area contributed by atoms with Crippen molar-refractivity contribution in [3.05, 3.63) is 52.7 Å². The van der Waals surface area contributed by atoms with Gasteiger partial charge in [0.15, 0.2) is 5.41 Å². The average molecular weight is 341 g/mol. The van der Waals surface area contributed by atoms with Crippen molar-refractivity contribution < 1.29 is 9.53 Å². The van der Waals surface area contributed by atoms with Crippen molar-refractivity contribution in [1.82, 2.24) is 4.98 Å². The molecule has 1 unspecified atom stereocenters. The largest absolute Gasteiger partial charge is 0.465 e. The third kappa shape index (κ3) is 2.76. The highest BCUT2D eigenvalue weighted by molar-refractivity contribution is 6.30. The van der Waals surface area contributed by atoms with Crippen LogP contribution in [0.15, 0.2) is 36.4 Å². The number of esters is 1. The van der Waals surface area contributed by atoms with Crippen LogP contribution in [0.3, 0.4) is 0 Å². The number of aryl methyl sites for hydroxylation is 1. The van der Waals surface area contributed by atoms with Crippen molar-refractivity contribution in [2.75, 3.05) is 6.61 Å². The second-order valence-corrected chi connectivity index (χ2v) is 6.24. The van der Waals surface area contributed by atoms with Gasteiger partial charge in [-0.1, -0.05) is 29.8 Å². The molecule has 0 N–H and O–H groups in total. The summed E-state index contributed by atoms with van der Waals surface area (Å²) in [4.78, 5) is 17.2. The molecule has 5 heteroatoms. The lowest BCUT2D eigenvalue weighted by Crippen LogP contribution is -2.40. The maximum atomic E-state index is 12.5. The van der Waals surface area contributed by atoms with Crippen molar-refractivity contribution in [2.45, 2.75) is 31.6 Å². The van der Waals surface area contributed by atoms with E-state index in [2.05, 4.69) is 11.1 Å². The zero-order valence-corrected chi connectivity index (χ0v) is 14.1. The minimum absolute atomic E-state index is 0.245. The van der Waals surface area contributed by atoms with Crippen molar-refractivity contribution in [3.8, 4) is 17.3 Å². The predicted molar refractivity (Wildman–Crippen MR) is 91.5 cm³/mol. The lowest BCUT2D eigenvalue weighted by Gasteiger charge is -2.30. The van der Waals surface area contributed by atoms with Crippen LogP contribution in [-0.4, -0.2) is 17.6 Å². The van der Waals surface area contributed by atoms with E-state index < -0.39 is 11.4 Å². The average Bonchev–Trinajstić information content (AvgIpc) is 2.61. The number of hydrogen-bond acceptors (Lipinski definition) is 4. The van der Waals surface area contributed by atoms with E-state index in [0.29, 0.717) is 17.1 Å². The summed E-state index contributed by atoms with van der Waals surface area (Å²) in [5, 5.41) is 10.4. The quantitative estimate of drug-likeness (QED) is 0.790. The molecule has 4 nitrogen and oxygen atoms in total. The Morgan fingerprint density at radius 1 is 1.33 bits per heavy atom. The number of aromatic nitrogens is 1. The Balaban J connectivity index is 2.12. The minimum atomic E-state index is -1.31. The molecule has 0 fully saturated rings. The molecule has 0 bridgehead atoms. The van der Waals surface area contributed by atoms with Crippen molar-refractivity contribution in [3.63, 3.8) is 0 Å². The molecule has 1 aromatic carbocycles. The molecule has 1 aliphatic carbocycles. The Bertz CT molecular complexity index is 811. The van der Waals surface area contributed by atoms with Gasteiger partial charge in [0.1, 0.15) is 0 Å². The van der Waals surface area contributed by atoms with Crippen LogP contribution in [-0.2, 0) is 21.4 Å². The van der Waals surface area contributed by atoms with Crippen LogP contribution in [0.4, 0.5) is 0 Å². The molecule has 2 aromatic rings. The molecule has 1 aromatic heterocycles. The van der Waals surface area contributed by atoms with E-state index in [1.165, 1.54) is 0 Å².